The van der Waals surface area contributed by atoms with Gasteiger partial charge < -0.3 is 5.32 Å². The number of amidine groups is 1. The molecule has 0 bridgehead atoms. The zero-order valence-corrected chi connectivity index (χ0v) is 13.7. The molecule has 2 aliphatic carbocycles. The Hall–Kier alpha value is -1.17. The van der Waals surface area contributed by atoms with Gasteiger partial charge in [-0.3, -0.25) is 9.59 Å². The smallest absolute Gasteiger partial charge is 0.256 e. The molecule has 0 radical (unpaired) electrons. The van der Waals surface area contributed by atoms with Gasteiger partial charge in [-0.2, -0.15) is 4.99 Å². The Bertz CT molecular complexity index is 510. The van der Waals surface area contributed by atoms with Crippen LogP contribution in [0.1, 0.15) is 57.8 Å². The van der Waals surface area contributed by atoms with Gasteiger partial charge in [0, 0.05) is 11.8 Å². The van der Waals surface area contributed by atoms with Crippen LogP contribution < -0.4 is 5.32 Å². The summed E-state index contributed by atoms with van der Waals surface area (Å²) in [6, 6.07) is 0.325. The monoisotopic (exact) mass is 321 g/mol. The van der Waals surface area contributed by atoms with Crippen LogP contribution in [0.2, 0.25) is 0 Å². The first-order chi connectivity index (χ1) is 10.7. The van der Waals surface area contributed by atoms with Crippen molar-refractivity contribution in [2.75, 3.05) is 5.75 Å². The van der Waals surface area contributed by atoms with Crippen molar-refractivity contribution in [1.82, 2.24) is 5.32 Å². The molecule has 5 nitrogen and oxygen atoms in total. The Morgan fingerprint density at radius 3 is 2.68 bits per heavy atom. The van der Waals surface area contributed by atoms with Crippen LogP contribution >= 0.6 is 11.8 Å². The number of nitrogens with zero attached hydrogens (tertiary/aromatic N) is 2. The van der Waals surface area contributed by atoms with Crippen molar-refractivity contribution in [1.29, 1.82) is 0 Å². The minimum absolute atomic E-state index is 0.0259. The maximum atomic E-state index is 12.0. The number of hydrogen-bond acceptors (Lipinski definition) is 4. The summed E-state index contributed by atoms with van der Waals surface area (Å²) >= 11 is 1.28. The summed E-state index contributed by atoms with van der Waals surface area (Å²) in [5.41, 5.74) is 0.974. The fourth-order valence-electron chi connectivity index (χ4n) is 3.43. The molecule has 0 saturated heterocycles. The van der Waals surface area contributed by atoms with Crippen molar-refractivity contribution in [3.05, 3.63) is 0 Å². The lowest BCUT2D eigenvalue weighted by Gasteiger charge is -2.24. The zero-order chi connectivity index (χ0) is 15.4. The molecule has 1 heterocycles. The number of fused-ring (bicyclic) bond motifs is 1. The highest BCUT2D eigenvalue weighted by Gasteiger charge is 2.31. The summed E-state index contributed by atoms with van der Waals surface area (Å²) in [5.74, 6) is 0.163. The van der Waals surface area contributed by atoms with E-state index in [2.05, 4.69) is 15.3 Å². The van der Waals surface area contributed by atoms with Crippen molar-refractivity contribution in [2.45, 2.75) is 63.8 Å². The summed E-state index contributed by atoms with van der Waals surface area (Å²) in [4.78, 5) is 32.6. The molecule has 6 heteroatoms. The predicted octanol–water partition coefficient (Wildman–Crippen LogP) is 2.70. The van der Waals surface area contributed by atoms with Crippen molar-refractivity contribution < 1.29 is 9.59 Å². The van der Waals surface area contributed by atoms with Gasteiger partial charge in [0.15, 0.2) is 5.17 Å². The number of carbonyl (C=O) groups is 2. The quantitative estimate of drug-likeness (QED) is 0.869. The molecular formula is C16H23N3O2S. The van der Waals surface area contributed by atoms with E-state index in [1.807, 2.05) is 0 Å². The third-order valence-electron chi connectivity index (χ3n) is 4.62. The normalized spacial score (nSPS) is 26.0. The SMILES string of the molecule is O=C(CSC1=NC(=O)C2CCCCC2=N1)NC1CCCCC1. The maximum absolute atomic E-state index is 12.0. The van der Waals surface area contributed by atoms with Crippen molar-refractivity contribution in [3.8, 4) is 0 Å². The van der Waals surface area contributed by atoms with E-state index in [1.165, 1.54) is 31.0 Å². The molecule has 2 saturated carbocycles. The lowest BCUT2D eigenvalue weighted by molar-refractivity contribution is -0.120. The Morgan fingerprint density at radius 2 is 1.86 bits per heavy atom. The largest absolute Gasteiger partial charge is 0.353 e. The van der Waals surface area contributed by atoms with Gasteiger partial charge in [-0.25, -0.2) is 4.99 Å². The first-order valence-electron chi connectivity index (χ1n) is 8.34. The van der Waals surface area contributed by atoms with Crippen molar-refractivity contribution in [2.24, 2.45) is 15.9 Å². The Labute approximate surface area is 135 Å². The summed E-state index contributed by atoms with van der Waals surface area (Å²) in [5, 5.41) is 3.55. The third kappa shape index (κ3) is 3.97. The van der Waals surface area contributed by atoms with Crippen LogP contribution in [-0.2, 0) is 9.59 Å². The lowest BCUT2D eigenvalue weighted by atomic mass is 9.86. The molecule has 0 spiro atoms. The fraction of sp³-hybridized carbons (Fsp3) is 0.750. The van der Waals surface area contributed by atoms with Crippen LogP contribution in [0, 0.1) is 5.92 Å². The van der Waals surface area contributed by atoms with Gasteiger partial charge in [-0.1, -0.05) is 37.4 Å². The number of rotatable bonds is 3. The molecule has 1 aliphatic heterocycles. The van der Waals surface area contributed by atoms with Crippen LogP contribution in [0.5, 0.6) is 0 Å². The minimum Gasteiger partial charge on any atom is -0.353 e. The number of aliphatic imine (C=N–C) groups is 2. The van der Waals surface area contributed by atoms with Crippen molar-refractivity contribution in [3.63, 3.8) is 0 Å². The fourth-order valence-corrected chi connectivity index (χ4v) is 4.11. The molecule has 2 fully saturated rings. The Balaban J connectivity index is 1.49. The van der Waals surface area contributed by atoms with Gasteiger partial charge in [0.25, 0.3) is 5.91 Å². The number of carbonyl (C=O) groups excluding carboxylic acids is 2. The summed E-state index contributed by atoms with van der Waals surface area (Å²) < 4.78 is 0. The number of thioether (sulfide) groups is 1. The van der Waals surface area contributed by atoms with E-state index in [0.717, 1.165) is 44.2 Å². The van der Waals surface area contributed by atoms with E-state index in [9.17, 15) is 9.59 Å². The Kier molecular flexibility index (Phi) is 5.28. The van der Waals surface area contributed by atoms with Crippen LogP contribution in [-0.4, -0.2) is 34.5 Å². The highest BCUT2D eigenvalue weighted by Crippen LogP contribution is 2.27. The van der Waals surface area contributed by atoms with Gasteiger partial charge in [-0.15, -0.1) is 0 Å². The highest BCUT2D eigenvalue weighted by molar-refractivity contribution is 8.14. The Morgan fingerprint density at radius 1 is 1.09 bits per heavy atom. The van der Waals surface area contributed by atoms with Crippen LogP contribution in [0.4, 0.5) is 0 Å². The average Bonchev–Trinajstić information content (AvgIpc) is 2.54. The van der Waals surface area contributed by atoms with Crippen LogP contribution in [0.15, 0.2) is 9.98 Å². The molecule has 2 amide bonds. The average molecular weight is 321 g/mol. The molecule has 0 aromatic carbocycles. The first-order valence-corrected chi connectivity index (χ1v) is 9.33. The molecule has 22 heavy (non-hydrogen) atoms. The van der Waals surface area contributed by atoms with E-state index < -0.39 is 0 Å². The van der Waals surface area contributed by atoms with Gasteiger partial charge in [0.1, 0.15) is 0 Å². The lowest BCUT2D eigenvalue weighted by Crippen LogP contribution is -2.37. The van der Waals surface area contributed by atoms with E-state index in [-0.39, 0.29) is 17.7 Å². The topological polar surface area (TPSA) is 70.9 Å². The molecule has 120 valence electrons. The van der Waals surface area contributed by atoms with Gasteiger partial charge >= 0.3 is 0 Å². The number of amides is 2. The molecular weight excluding hydrogens is 298 g/mol. The minimum atomic E-state index is -0.0887. The summed E-state index contributed by atoms with van der Waals surface area (Å²) in [7, 11) is 0. The van der Waals surface area contributed by atoms with E-state index in [1.54, 1.807) is 0 Å². The number of nitrogens with one attached hydrogen (secondary N) is 1. The van der Waals surface area contributed by atoms with Gasteiger partial charge in [0.05, 0.1) is 11.7 Å². The second-order valence-electron chi connectivity index (χ2n) is 6.33. The molecule has 1 atom stereocenters. The molecule has 1 unspecified atom stereocenters. The van der Waals surface area contributed by atoms with E-state index in [0.29, 0.717) is 17.0 Å². The molecule has 0 aromatic heterocycles. The second-order valence-corrected chi connectivity index (χ2v) is 7.27. The third-order valence-corrected chi connectivity index (χ3v) is 5.47. The van der Waals surface area contributed by atoms with E-state index >= 15 is 0 Å². The maximum Gasteiger partial charge on any atom is 0.256 e. The standard InChI is InChI=1S/C16H23N3O2S/c20-14(17-11-6-2-1-3-7-11)10-22-16-18-13-9-5-4-8-12(13)15(21)19-16/h11-12H,1-10H2,(H,17,20). The highest BCUT2D eigenvalue weighted by atomic mass is 32.2. The molecule has 0 aromatic rings. The number of hydrogen-bond donors (Lipinski definition) is 1. The summed E-state index contributed by atoms with van der Waals surface area (Å²) in [6.07, 6.45) is 9.80. The van der Waals surface area contributed by atoms with Gasteiger partial charge in [0.2, 0.25) is 5.91 Å². The molecule has 3 aliphatic rings. The van der Waals surface area contributed by atoms with Crippen LogP contribution in [0.3, 0.4) is 0 Å². The predicted molar refractivity (Wildman–Crippen MR) is 89.3 cm³/mol. The summed E-state index contributed by atoms with van der Waals surface area (Å²) in [6.45, 7) is 0. The van der Waals surface area contributed by atoms with Crippen LogP contribution in [0.25, 0.3) is 0 Å². The van der Waals surface area contributed by atoms with Gasteiger partial charge in [-0.05, 0) is 32.1 Å². The van der Waals surface area contributed by atoms with Crippen molar-refractivity contribution >= 4 is 34.5 Å². The first kappa shape index (κ1) is 15.7. The van der Waals surface area contributed by atoms with E-state index in [4.69, 9.17) is 0 Å². The zero-order valence-electron chi connectivity index (χ0n) is 12.8. The second kappa shape index (κ2) is 7.40. The molecule has 3 rings (SSSR count). The molecule has 1 N–H and O–H groups in total.